The summed E-state index contributed by atoms with van der Waals surface area (Å²) < 4.78 is 4.80. The van der Waals surface area contributed by atoms with Gasteiger partial charge in [0, 0.05) is 6.04 Å². The molecular formula is C13H25NO2. The Morgan fingerprint density at radius 2 is 1.88 bits per heavy atom. The number of methoxy groups -OCH3 is 1. The van der Waals surface area contributed by atoms with Gasteiger partial charge in [0.25, 0.3) is 0 Å². The number of nitrogens with one attached hydrogen (secondary N) is 1. The molecule has 1 saturated carbocycles. The predicted molar refractivity (Wildman–Crippen MR) is 65.2 cm³/mol. The Labute approximate surface area is 98.9 Å². The molecule has 0 spiro atoms. The molecule has 0 amide bonds. The van der Waals surface area contributed by atoms with Gasteiger partial charge in [0.1, 0.15) is 5.54 Å². The molecular weight excluding hydrogens is 202 g/mol. The van der Waals surface area contributed by atoms with Crippen LogP contribution in [0.15, 0.2) is 0 Å². The minimum atomic E-state index is -0.570. The van der Waals surface area contributed by atoms with E-state index in [1.54, 1.807) is 0 Å². The molecule has 0 aromatic heterocycles. The first-order chi connectivity index (χ1) is 7.36. The molecule has 16 heavy (non-hydrogen) atoms. The second kappa shape index (κ2) is 5.17. The molecule has 1 fully saturated rings. The van der Waals surface area contributed by atoms with E-state index >= 15 is 0 Å². The SMILES string of the molecule is COC(=O)C(C)(C)NC1CCC(C)C(C)C1. The molecule has 0 aromatic carbocycles. The van der Waals surface area contributed by atoms with E-state index in [2.05, 4.69) is 19.2 Å². The topological polar surface area (TPSA) is 38.3 Å². The average molecular weight is 227 g/mol. The van der Waals surface area contributed by atoms with Crippen molar-refractivity contribution in [1.29, 1.82) is 0 Å². The number of hydrogen-bond acceptors (Lipinski definition) is 3. The van der Waals surface area contributed by atoms with Gasteiger partial charge in [-0.05, 0) is 44.9 Å². The maximum atomic E-state index is 11.6. The van der Waals surface area contributed by atoms with Gasteiger partial charge in [-0.3, -0.25) is 10.1 Å². The van der Waals surface area contributed by atoms with Crippen LogP contribution in [-0.2, 0) is 9.53 Å². The van der Waals surface area contributed by atoms with E-state index < -0.39 is 5.54 Å². The van der Waals surface area contributed by atoms with Gasteiger partial charge < -0.3 is 4.74 Å². The fourth-order valence-corrected chi connectivity index (χ4v) is 2.50. The lowest BCUT2D eigenvalue weighted by molar-refractivity contribution is -0.147. The summed E-state index contributed by atoms with van der Waals surface area (Å²) >= 11 is 0. The molecule has 0 aromatic rings. The first-order valence-electron chi connectivity index (χ1n) is 6.23. The highest BCUT2D eigenvalue weighted by molar-refractivity contribution is 5.79. The molecule has 0 radical (unpaired) electrons. The van der Waals surface area contributed by atoms with Crippen LogP contribution >= 0.6 is 0 Å². The molecule has 94 valence electrons. The van der Waals surface area contributed by atoms with Gasteiger partial charge >= 0.3 is 5.97 Å². The highest BCUT2D eigenvalue weighted by Gasteiger charge is 2.33. The van der Waals surface area contributed by atoms with E-state index in [-0.39, 0.29) is 5.97 Å². The van der Waals surface area contributed by atoms with Crippen LogP contribution in [0.5, 0.6) is 0 Å². The zero-order chi connectivity index (χ0) is 12.3. The van der Waals surface area contributed by atoms with Crippen LogP contribution in [-0.4, -0.2) is 24.7 Å². The molecule has 1 N–H and O–H groups in total. The maximum Gasteiger partial charge on any atom is 0.325 e. The number of esters is 1. The number of carbonyl (C=O) groups is 1. The highest BCUT2D eigenvalue weighted by Crippen LogP contribution is 2.30. The maximum absolute atomic E-state index is 11.6. The van der Waals surface area contributed by atoms with Crippen LogP contribution in [0.4, 0.5) is 0 Å². The third-order valence-electron chi connectivity index (χ3n) is 3.86. The van der Waals surface area contributed by atoms with Crippen LogP contribution in [0, 0.1) is 11.8 Å². The molecule has 3 nitrogen and oxygen atoms in total. The second-order valence-electron chi connectivity index (χ2n) is 5.73. The summed E-state index contributed by atoms with van der Waals surface area (Å²) in [5.41, 5.74) is -0.570. The van der Waals surface area contributed by atoms with Crippen molar-refractivity contribution < 1.29 is 9.53 Å². The molecule has 1 rings (SSSR count). The van der Waals surface area contributed by atoms with Crippen molar-refractivity contribution in [3.05, 3.63) is 0 Å². The van der Waals surface area contributed by atoms with Crippen molar-refractivity contribution in [3.63, 3.8) is 0 Å². The molecule has 3 unspecified atom stereocenters. The van der Waals surface area contributed by atoms with Gasteiger partial charge in [-0.15, -0.1) is 0 Å². The minimum absolute atomic E-state index is 0.182. The van der Waals surface area contributed by atoms with Crippen LogP contribution in [0.3, 0.4) is 0 Å². The molecule has 1 aliphatic rings. The van der Waals surface area contributed by atoms with Crippen molar-refractivity contribution in [3.8, 4) is 0 Å². The van der Waals surface area contributed by atoms with Gasteiger partial charge in [-0.2, -0.15) is 0 Å². The van der Waals surface area contributed by atoms with E-state index in [0.29, 0.717) is 6.04 Å². The number of ether oxygens (including phenoxy) is 1. The summed E-state index contributed by atoms with van der Waals surface area (Å²) in [5, 5.41) is 3.42. The zero-order valence-corrected chi connectivity index (χ0v) is 11.2. The molecule has 0 bridgehead atoms. The zero-order valence-electron chi connectivity index (χ0n) is 11.2. The minimum Gasteiger partial charge on any atom is -0.468 e. The average Bonchev–Trinajstić information content (AvgIpc) is 2.22. The summed E-state index contributed by atoms with van der Waals surface area (Å²) in [6, 6.07) is 0.445. The van der Waals surface area contributed by atoms with E-state index in [9.17, 15) is 4.79 Å². The first-order valence-corrected chi connectivity index (χ1v) is 6.23. The molecule has 0 aliphatic heterocycles. The quantitative estimate of drug-likeness (QED) is 0.752. The van der Waals surface area contributed by atoms with Crippen molar-refractivity contribution in [2.24, 2.45) is 11.8 Å². The van der Waals surface area contributed by atoms with Gasteiger partial charge in [0.05, 0.1) is 7.11 Å². The van der Waals surface area contributed by atoms with Crippen LogP contribution in [0.2, 0.25) is 0 Å². The molecule has 0 saturated heterocycles. The third kappa shape index (κ3) is 3.21. The van der Waals surface area contributed by atoms with Crippen molar-refractivity contribution in [1.82, 2.24) is 5.32 Å². The van der Waals surface area contributed by atoms with Crippen molar-refractivity contribution in [2.45, 2.75) is 58.5 Å². The Hall–Kier alpha value is -0.570. The van der Waals surface area contributed by atoms with Crippen LogP contribution in [0.1, 0.15) is 47.0 Å². The molecule has 3 heteroatoms. The standard InChI is InChI=1S/C13H25NO2/c1-9-6-7-11(8-10(9)2)14-13(3,4)12(15)16-5/h9-11,14H,6-8H2,1-5H3. The first kappa shape index (κ1) is 13.5. The molecule has 0 heterocycles. The normalized spacial score (nSPS) is 31.2. The van der Waals surface area contributed by atoms with Crippen molar-refractivity contribution in [2.75, 3.05) is 7.11 Å². The van der Waals surface area contributed by atoms with Gasteiger partial charge in [0.2, 0.25) is 0 Å². The van der Waals surface area contributed by atoms with E-state index in [1.165, 1.54) is 13.5 Å². The number of carbonyl (C=O) groups excluding carboxylic acids is 1. The monoisotopic (exact) mass is 227 g/mol. The highest BCUT2D eigenvalue weighted by atomic mass is 16.5. The van der Waals surface area contributed by atoms with E-state index in [4.69, 9.17) is 4.74 Å². The fourth-order valence-electron chi connectivity index (χ4n) is 2.50. The lowest BCUT2D eigenvalue weighted by Gasteiger charge is -2.36. The smallest absolute Gasteiger partial charge is 0.325 e. The molecule has 3 atom stereocenters. The predicted octanol–water partition coefficient (Wildman–Crippen LogP) is 2.35. The summed E-state index contributed by atoms with van der Waals surface area (Å²) in [6.07, 6.45) is 3.56. The summed E-state index contributed by atoms with van der Waals surface area (Å²) in [5.74, 6) is 1.36. The largest absolute Gasteiger partial charge is 0.468 e. The number of rotatable bonds is 3. The van der Waals surface area contributed by atoms with E-state index in [0.717, 1.165) is 24.7 Å². The Balaban J connectivity index is 2.51. The summed E-state index contributed by atoms with van der Waals surface area (Å²) in [7, 11) is 1.44. The Kier molecular flexibility index (Phi) is 4.36. The van der Waals surface area contributed by atoms with Gasteiger partial charge in [-0.25, -0.2) is 0 Å². The third-order valence-corrected chi connectivity index (χ3v) is 3.86. The fraction of sp³-hybridized carbons (Fsp3) is 0.923. The van der Waals surface area contributed by atoms with E-state index in [1.807, 2.05) is 13.8 Å². The lowest BCUT2D eigenvalue weighted by Crippen LogP contribution is -2.53. The lowest BCUT2D eigenvalue weighted by atomic mass is 9.78. The van der Waals surface area contributed by atoms with Crippen LogP contribution < -0.4 is 5.32 Å². The van der Waals surface area contributed by atoms with Gasteiger partial charge in [0.15, 0.2) is 0 Å². The Bertz CT molecular complexity index is 250. The Morgan fingerprint density at radius 1 is 1.25 bits per heavy atom. The summed E-state index contributed by atoms with van der Waals surface area (Å²) in [6.45, 7) is 8.39. The number of hydrogen-bond donors (Lipinski definition) is 1. The van der Waals surface area contributed by atoms with Crippen LogP contribution in [0.25, 0.3) is 0 Å². The van der Waals surface area contributed by atoms with Crippen molar-refractivity contribution >= 4 is 5.97 Å². The van der Waals surface area contributed by atoms with Gasteiger partial charge in [-0.1, -0.05) is 13.8 Å². The molecule has 1 aliphatic carbocycles. The summed E-state index contributed by atoms with van der Waals surface area (Å²) in [4.78, 5) is 11.6. The second-order valence-corrected chi connectivity index (χ2v) is 5.73. The Morgan fingerprint density at radius 3 is 2.38 bits per heavy atom.